The Morgan fingerprint density at radius 1 is 1.25 bits per heavy atom. The van der Waals surface area contributed by atoms with Crippen LogP contribution in [-0.4, -0.2) is 11.9 Å². The predicted molar refractivity (Wildman–Crippen MR) is 85.3 cm³/mol. The Labute approximate surface area is 130 Å². The average Bonchev–Trinajstić information content (AvgIpc) is 2.48. The predicted octanol–water partition coefficient (Wildman–Crippen LogP) is 5.67. The van der Waals surface area contributed by atoms with Crippen molar-refractivity contribution in [2.24, 2.45) is 5.92 Å². The summed E-state index contributed by atoms with van der Waals surface area (Å²) in [5.74, 6) is 1.56. The molecule has 0 atom stereocenters. The molecule has 3 heteroatoms. The second kappa shape index (κ2) is 8.02. The van der Waals surface area contributed by atoms with Gasteiger partial charge in [-0.3, -0.25) is 0 Å². The summed E-state index contributed by atoms with van der Waals surface area (Å²) in [4.78, 5) is 0. The average molecular weight is 343 g/mol. The van der Waals surface area contributed by atoms with Crippen molar-refractivity contribution in [3.63, 3.8) is 0 Å². The third-order valence-electron chi connectivity index (χ3n) is 4.32. The molecule has 0 amide bonds. The Balaban J connectivity index is 1.91. The third kappa shape index (κ3) is 4.21. The van der Waals surface area contributed by atoms with Gasteiger partial charge in [0.25, 0.3) is 0 Å². The van der Waals surface area contributed by atoms with E-state index in [1.807, 2.05) is 13.0 Å². The number of benzene rings is 1. The van der Waals surface area contributed by atoms with E-state index in [-0.39, 0.29) is 5.82 Å². The van der Waals surface area contributed by atoms with E-state index >= 15 is 0 Å². The van der Waals surface area contributed by atoms with Gasteiger partial charge in [-0.15, -0.1) is 0 Å². The van der Waals surface area contributed by atoms with Crippen LogP contribution in [0.25, 0.3) is 0 Å². The minimum absolute atomic E-state index is 0.217. The number of ether oxygens (including phenoxy) is 1. The van der Waals surface area contributed by atoms with E-state index in [2.05, 4.69) is 15.9 Å². The SMILES string of the molecule is CCOc1ccc(C2CCC(CCCBr)CC2)cc1F. The molecule has 1 nitrogen and oxygen atoms in total. The standard InChI is InChI=1S/C17H24BrFO/c1-2-20-17-10-9-15(12-16(17)19)14-7-5-13(6-8-14)4-3-11-18/h9-10,12-14H,2-8,11H2,1H3. The highest BCUT2D eigenvalue weighted by molar-refractivity contribution is 9.09. The molecule has 0 spiro atoms. The Bertz CT molecular complexity index is 413. The van der Waals surface area contributed by atoms with Crippen LogP contribution in [0.1, 0.15) is 56.9 Å². The normalized spacial score (nSPS) is 22.8. The molecule has 2 rings (SSSR count). The van der Waals surface area contributed by atoms with E-state index in [0.717, 1.165) is 16.8 Å². The van der Waals surface area contributed by atoms with Crippen molar-refractivity contribution in [2.45, 2.75) is 51.4 Å². The maximum absolute atomic E-state index is 13.9. The lowest BCUT2D eigenvalue weighted by atomic mass is 9.77. The van der Waals surface area contributed by atoms with Crippen molar-refractivity contribution >= 4 is 15.9 Å². The first-order chi connectivity index (χ1) is 9.74. The van der Waals surface area contributed by atoms with Gasteiger partial charge >= 0.3 is 0 Å². The largest absolute Gasteiger partial charge is 0.491 e. The molecule has 1 aromatic carbocycles. The van der Waals surface area contributed by atoms with Gasteiger partial charge < -0.3 is 4.74 Å². The van der Waals surface area contributed by atoms with Gasteiger partial charge in [0.15, 0.2) is 11.6 Å². The summed E-state index contributed by atoms with van der Waals surface area (Å²) >= 11 is 3.50. The van der Waals surface area contributed by atoms with Crippen molar-refractivity contribution in [2.75, 3.05) is 11.9 Å². The van der Waals surface area contributed by atoms with Crippen LogP contribution in [0.15, 0.2) is 18.2 Å². The van der Waals surface area contributed by atoms with E-state index in [1.54, 1.807) is 12.1 Å². The summed E-state index contributed by atoms with van der Waals surface area (Å²) in [5.41, 5.74) is 1.14. The smallest absolute Gasteiger partial charge is 0.165 e. The molecule has 0 saturated heterocycles. The fraction of sp³-hybridized carbons (Fsp3) is 0.647. The molecule has 0 unspecified atom stereocenters. The molecule has 1 saturated carbocycles. The van der Waals surface area contributed by atoms with E-state index < -0.39 is 0 Å². The second-order valence-corrected chi connectivity index (χ2v) is 6.46. The van der Waals surface area contributed by atoms with Crippen molar-refractivity contribution in [3.8, 4) is 5.75 Å². The molecular weight excluding hydrogens is 319 g/mol. The maximum atomic E-state index is 13.9. The van der Waals surface area contributed by atoms with Crippen LogP contribution < -0.4 is 4.74 Å². The summed E-state index contributed by atoms with van der Waals surface area (Å²) in [6.07, 6.45) is 7.56. The first kappa shape index (κ1) is 15.8. The lowest BCUT2D eigenvalue weighted by Crippen LogP contribution is -2.13. The molecule has 1 aliphatic carbocycles. The van der Waals surface area contributed by atoms with Crippen molar-refractivity contribution in [1.29, 1.82) is 0 Å². The summed E-state index contributed by atoms with van der Waals surface area (Å²) in [6.45, 7) is 2.39. The number of halogens is 2. The molecule has 20 heavy (non-hydrogen) atoms. The van der Waals surface area contributed by atoms with Gasteiger partial charge in [0, 0.05) is 5.33 Å². The van der Waals surface area contributed by atoms with Crippen LogP contribution in [-0.2, 0) is 0 Å². The number of rotatable bonds is 6. The molecule has 112 valence electrons. The highest BCUT2D eigenvalue weighted by Gasteiger charge is 2.22. The molecular formula is C17H24BrFO. The molecule has 0 radical (unpaired) electrons. The summed E-state index contributed by atoms with van der Waals surface area (Å²) in [6, 6.07) is 5.50. The Morgan fingerprint density at radius 3 is 2.60 bits per heavy atom. The van der Waals surface area contributed by atoms with E-state index in [9.17, 15) is 4.39 Å². The fourth-order valence-electron chi connectivity index (χ4n) is 3.19. The highest BCUT2D eigenvalue weighted by Crippen LogP contribution is 2.38. The molecule has 0 aliphatic heterocycles. The second-order valence-electron chi connectivity index (χ2n) is 5.67. The fourth-order valence-corrected chi connectivity index (χ4v) is 3.52. The molecule has 0 N–H and O–H groups in total. The molecule has 1 aromatic rings. The molecule has 1 aliphatic rings. The van der Waals surface area contributed by atoms with E-state index in [4.69, 9.17) is 4.74 Å². The van der Waals surface area contributed by atoms with Gasteiger partial charge in [0.1, 0.15) is 0 Å². The lowest BCUT2D eigenvalue weighted by Gasteiger charge is -2.28. The Kier molecular flexibility index (Phi) is 6.34. The molecule has 0 aromatic heterocycles. The zero-order chi connectivity index (χ0) is 14.4. The van der Waals surface area contributed by atoms with Crippen LogP contribution in [0.3, 0.4) is 0 Å². The maximum Gasteiger partial charge on any atom is 0.165 e. The minimum Gasteiger partial charge on any atom is -0.491 e. The van der Waals surface area contributed by atoms with Crippen LogP contribution >= 0.6 is 15.9 Å². The molecule has 0 bridgehead atoms. The minimum atomic E-state index is -0.217. The third-order valence-corrected chi connectivity index (χ3v) is 4.88. The number of hydrogen-bond acceptors (Lipinski definition) is 1. The van der Waals surface area contributed by atoms with E-state index in [0.29, 0.717) is 18.3 Å². The van der Waals surface area contributed by atoms with Crippen LogP contribution in [0.4, 0.5) is 4.39 Å². The highest BCUT2D eigenvalue weighted by atomic mass is 79.9. The number of hydrogen-bond donors (Lipinski definition) is 0. The van der Waals surface area contributed by atoms with Crippen LogP contribution in [0.2, 0.25) is 0 Å². The molecule has 1 fully saturated rings. The van der Waals surface area contributed by atoms with Gasteiger partial charge in [0.05, 0.1) is 6.61 Å². The van der Waals surface area contributed by atoms with Gasteiger partial charge in [-0.2, -0.15) is 0 Å². The van der Waals surface area contributed by atoms with Gasteiger partial charge in [-0.25, -0.2) is 4.39 Å². The van der Waals surface area contributed by atoms with Crippen LogP contribution in [0, 0.1) is 11.7 Å². The summed E-state index contributed by atoms with van der Waals surface area (Å²) in [7, 11) is 0. The Morgan fingerprint density at radius 2 is 2.00 bits per heavy atom. The van der Waals surface area contributed by atoms with Crippen molar-refractivity contribution < 1.29 is 9.13 Å². The first-order valence-electron chi connectivity index (χ1n) is 7.72. The zero-order valence-electron chi connectivity index (χ0n) is 12.2. The summed E-state index contributed by atoms with van der Waals surface area (Å²) in [5, 5.41) is 1.11. The number of alkyl halides is 1. The molecule has 0 heterocycles. The lowest BCUT2D eigenvalue weighted by molar-refractivity contribution is 0.306. The topological polar surface area (TPSA) is 9.23 Å². The summed E-state index contributed by atoms with van der Waals surface area (Å²) < 4.78 is 19.2. The van der Waals surface area contributed by atoms with Crippen molar-refractivity contribution in [3.05, 3.63) is 29.6 Å². The van der Waals surface area contributed by atoms with Crippen LogP contribution in [0.5, 0.6) is 5.75 Å². The quantitative estimate of drug-likeness (QED) is 0.605. The van der Waals surface area contributed by atoms with Gasteiger partial charge in [0.2, 0.25) is 0 Å². The van der Waals surface area contributed by atoms with E-state index in [1.165, 1.54) is 38.5 Å². The van der Waals surface area contributed by atoms with Crippen molar-refractivity contribution in [1.82, 2.24) is 0 Å². The monoisotopic (exact) mass is 342 g/mol. The first-order valence-corrected chi connectivity index (χ1v) is 8.85. The Hall–Kier alpha value is -0.570. The van der Waals surface area contributed by atoms with Gasteiger partial charge in [-0.1, -0.05) is 22.0 Å². The zero-order valence-corrected chi connectivity index (χ0v) is 13.8. The van der Waals surface area contributed by atoms with Gasteiger partial charge in [-0.05, 0) is 75.0 Å².